The smallest absolute Gasteiger partial charge is 0.307 e. The summed E-state index contributed by atoms with van der Waals surface area (Å²) >= 11 is 0. The Morgan fingerprint density at radius 3 is 2.42 bits per heavy atom. The van der Waals surface area contributed by atoms with Gasteiger partial charge in [-0.2, -0.15) is 0 Å². The summed E-state index contributed by atoms with van der Waals surface area (Å²) in [5.74, 6) is -0.193. The molecule has 3 nitrogen and oxygen atoms in total. The van der Waals surface area contributed by atoms with Gasteiger partial charge in [-0.05, 0) is 6.92 Å². The van der Waals surface area contributed by atoms with Crippen LogP contribution >= 0.6 is 0 Å². The summed E-state index contributed by atoms with van der Waals surface area (Å²) in [6.07, 6.45) is 1.81. The van der Waals surface area contributed by atoms with Crippen LogP contribution in [0.3, 0.4) is 0 Å². The van der Waals surface area contributed by atoms with E-state index in [0.717, 1.165) is 12.8 Å². The van der Waals surface area contributed by atoms with E-state index >= 15 is 0 Å². The van der Waals surface area contributed by atoms with Crippen LogP contribution in [0.25, 0.3) is 0 Å². The number of carbonyl (C=O) groups is 1. The van der Waals surface area contributed by atoms with Gasteiger partial charge in [0, 0.05) is 19.4 Å². The number of rotatable bonds is 6. The third-order valence-electron chi connectivity index (χ3n) is 1.43. The van der Waals surface area contributed by atoms with Gasteiger partial charge in [0.15, 0.2) is 0 Å². The predicted octanol–water partition coefficient (Wildman–Crippen LogP) is 2.10. The van der Waals surface area contributed by atoms with Crippen LogP contribution in [0.15, 0.2) is 0 Å². The maximum atomic E-state index is 10.9. The first-order valence-corrected chi connectivity index (χ1v) is 4.55. The summed E-state index contributed by atoms with van der Waals surface area (Å²) in [5, 5.41) is 0. The lowest BCUT2D eigenvalue weighted by Crippen LogP contribution is -2.20. The number of carbonyl (C=O) groups excluding carboxylic acids is 1. The molecule has 0 rings (SSSR count). The molecule has 0 aromatic rings. The van der Waals surface area contributed by atoms with Crippen molar-refractivity contribution in [1.29, 1.82) is 0 Å². The maximum absolute atomic E-state index is 10.9. The first-order chi connectivity index (χ1) is 5.74. The number of ether oxygens (including phenoxy) is 2. The third-order valence-corrected chi connectivity index (χ3v) is 1.43. The Labute approximate surface area is 74.0 Å². The van der Waals surface area contributed by atoms with Crippen LogP contribution in [0.5, 0.6) is 0 Å². The van der Waals surface area contributed by atoms with Crippen LogP contribution in [0.2, 0.25) is 0 Å². The van der Waals surface area contributed by atoms with Crippen molar-refractivity contribution in [2.24, 2.45) is 0 Å². The Bertz CT molecular complexity index is 117. The van der Waals surface area contributed by atoms with Crippen LogP contribution in [0, 0.1) is 0 Å². The molecule has 0 heterocycles. The van der Waals surface area contributed by atoms with Gasteiger partial charge in [0.1, 0.15) is 0 Å². The molecule has 1 atom stereocenters. The van der Waals surface area contributed by atoms with E-state index in [-0.39, 0.29) is 12.3 Å². The van der Waals surface area contributed by atoms with E-state index in [1.54, 1.807) is 6.92 Å². The molecule has 0 aromatic carbocycles. The van der Waals surface area contributed by atoms with Crippen molar-refractivity contribution in [1.82, 2.24) is 0 Å². The van der Waals surface area contributed by atoms with E-state index in [4.69, 9.17) is 9.47 Å². The van der Waals surface area contributed by atoms with Crippen LogP contribution in [-0.4, -0.2) is 18.9 Å². The topological polar surface area (TPSA) is 35.5 Å². The average Bonchev–Trinajstić information content (AvgIpc) is 2.05. The Morgan fingerprint density at radius 1 is 1.33 bits per heavy atom. The van der Waals surface area contributed by atoms with Crippen molar-refractivity contribution < 1.29 is 14.3 Å². The largest absolute Gasteiger partial charge is 0.436 e. The Balaban J connectivity index is 3.68. The third kappa shape index (κ3) is 5.13. The zero-order chi connectivity index (χ0) is 9.40. The van der Waals surface area contributed by atoms with E-state index in [0.29, 0.717) is 13.0 Å². The fourth-order valence-electron chi connectivity index (χ4n) is 0.828. The standard InChI is InChI=1S/C9H18O3/c1-4-7-9(11-6-3)12-8(10)5-2/h9H,4-7H2,1-3H3. The molecule has 0 amide bonds. The van der Waals surface area contributed by atoms with E-state index in [1.165, 1.54) is 0 Å². The molecule has 12 heavy (non-hydrogen) atoms. The van der Waals surface area contributed by atoms with Crippen LogP contribution in [0.4, 0.5) is 0 Å². The fraction of sp³-hybridized carbons (Fsp3) is 0.889. The van der Waals surface area contributed by atoms with Gasteiger partial charge < -0.3 is 9.47 Å². The summed E-state index contributed by atoms with van der Waals surface area (Å²) in [6, 6.07) is 0. The highest BCUT2D eigenvalue weighted by Gasteiger charge is 2.10. The molecule has 0 N–H and O–H groups in total. The second-order valence-corrected chi connectivity index (χ2v) is 2.52. The molecule has 0 aliphatic heterocycles. The number of esters is 1. The second kappa shape index (κ2) is 7.10. The molecular formula is C9H18O3. The molecule has 0 radical (unpaired) electrons. The molecular weight excluding hydrogens is 156 g/mol. The lowest BCUT2D eigenvalue weighted by atomic mass is 10.3. The van der Waals surface area contributed by atoms with Gasteiger partial charge in [0.2, 0.25) is 6.29 Å². The van der Waals surface area contributed by atoms with Crippen molar-refractivity contribution in [2.45, 2.75) is 46.3 Å². The van der Waals surface area contributed by atoms with Gasteiger partial charge in [-0.1, -0.05) is 20.3 Å². The van der Waals surface area contributed by atoms with Gasteiger partial charge in [-0.3, -0.25) is 4.79 Å². The van der Waals surface area contributed by atoms with E-state index in [2.05, 4.69) is 0 Å². The van der Waals surface area contributed by atoms with Crippen molar-refractivity contribution in [3.63, 3.8) is 0 Å². The molecule has 0 aliphatic carbocycles. The van der Waals surface area contributed by atoms with Crippen molar-refractivity contribution in [3.05, 3.63) is 0 Å². The zero-order valence-corrected chi connectivity index (χ0v) is 8.13. The molecule has 0 bridgehead atoms. The predicted molar refractivity (Wildman–Crippen MR) is 46.7 cm³/mol. The Hall–Kier alpha value is -0.570. The van der Waals surface area contributed by atoms with E-state index < -0.39 is 0 Å². The first kappa shape index (κ1) is 11.4. The number of hydrogen-bond donors (Lipinski definition) is 0. The van der Waals surface area contributed by atoms with Crippen LogP contribution in [0.1, 0.15) is 40.0 Å². The first-order valence-electron chi connectivity index (χ1n) is 4.55. The Kier molecular flexibility index (Phi) is 6.76. The fourth-order valence-corrected chi connectivity index (χ4v) is 0.828. The minimum atomic E-state index is -0.340. The SMILES string of the molecule is CCCC(OCC)OC(=O)CC. The maximum Gasteiger partial charge on any atom is 0.307 e. The lowest BCUT2D eigenvalue weighted by molar-refractivity contribution is -0.178. The molecule has 0 aliphatic rings. The summed E-state index contributed by atoms with van der Waals surface area (Å²) in [5.41, 5.74) is 0. The van der Waals surface area contributed by atoms with Crippen molar-refractivity contribution in [3.8, 4) is 0 Å². The molecule has 0 aromatic heterocycles. The van der Waals surface area contributed by atoms with Crippen molar-refractivity contribution >= 4 is 5.97 Å². The second-order valence-electron chi connectivity index (χ2n) is 2.52. The van der Waals surface area contributed by atoms with Gasteiger partial charge in [-0.25, -0.2) is 0 Å². The Morgan fingerprint density at radius 2 is 2.00 bits per heavy atom. The summed E-state index contributed by atoms with van der Waals surface area (Å²) in [7, 11) is 0. The van der Waals surface area contributed by atoms with Crippen molar-refractivity contribution in [2.75, 3.05) is 6.61 Å². The highest BCUT2D eigenvalue weighted by atomic mass is 16.7. The minimum absolute atomic E-state index is 0.193. The monoisotopic (exact) mass is 174 g/mol. The molecule has 3 heteroatoms. The highest BCUT2D eigenvalue weighted by Crippen LogP contribution is 2.05. The molecule has 0 fully saturated rings. The van der Waals surface area contributed by atoms with Gasteiger partial charge in [-0.15, -0.1) is 0 Å². The number of hydrogen-bond acceptors (Lipinski definition) is 3. The summed E-state index contributed by atoms with van der Waals surface area (Å²) in [4.78, 5) is 10.9. The van der Waals surface area contributed by atoms with E-state index in [1.807, 2.05) is 13.8 Å². The average molecular weight is 174 g/mol. The molecule has 72 valence electrons. The molecule has 0 saturated heterocycles. The van der Waals surface area contributed by atoms with Gasteiger partial charge >= 0.3 is 5.97 Å². The summed E-state index contributed by atoms with van der Waals surface area (Å²) < 4.78 is 10.2. The van der Waals surface area contributed by atoms with Crippen LogP contribution in [-0.2, 0) is 14.3 Å². The minimum Gasteiger partial charge on any atom is -0.436 e. The molecule has 0 spiro atoms. The highest BCUT2D eigenvalue weighted by molar-refractivity contribution is 5.68. The van der Waals surface area contributed by atoms with Crippen LogP contribution < -0.4 is 0 Å². The lowest BCUT2D eigenvalue weighted by Gasteiger charge is -2.16. The molecule has 1 unspecified atom stereocenters. The molecule has 0 saturated carbocycles. The van der Waals surface area contributed by atoms with E-state index in [9.17, 15) is 4.79 Å². The normalized spacial score (nSPS) is 12.6. The zero-order valence-electron chi connectivity index (χ0n) is 8.13. The quantitative estimate of drug-likeness (QED) is 0.457. The van der Waals surface area contributed by atoms with Gasteiger partial charge in [0.25, 0.3) is 0 Å². The summed E-state index contributed by atoms with van der Waals surface area (Å²) in [6.45, 7) is 6.28. The van der Waals surface area contributed by atoms with Gasteiger partial charge in [0.05, 0.1) is 0 Å².